The lowest BCUT2D eigenvalue weighted by Crippen LogP contribution is -2.33. The lowest BCUT2D eigenvalue weighted by atomic mass is 9.97. The molecule has 28 heavy (non-hydrogen) atoms. The summed E-state index contributed by atoms with van der Waals surface area (Å²) in [6.07, 6.45) is 0.295. The highest BCUT2D eigenvalue weighted by Crippen LogP contribution is 2.32. The molecule has 0 bridgehead atoms. The number of ether oxygens (including phenoxy) is 3. The Labute approximate surface area is 164 Å². The van der Waals surface area contributed by atoms with E-state index in [9.17, 15) is 9.59 Å². The van der Waals surface area contributed by atoms with Crippen molar-refractivity contribution in [3.8, 4) is 17.2 Å². The summed E-state index contributed by atoms with van der Waals surface area (Å²) in [5, 5.41) is 5.40. The standard InChI is InChI=1S/C21H24N2O5/c1-14(15-3-6-17(26-2)7-4-15)11-20(24)22-13-21(25)23-16-5-8-18-19(12-16)28-10-9-27-18/h3-8,12,14H,9-11,13H2,1-2H3,(H,22,24)(H,23,25). The average Bonchev–Trinajstić information content (AvgIpc) is 2.72. The number of carbonyl (C=O) groups excluding carboxylic acids is 2. The molecule has 1 heterocycles. The first kappa shape index (κ1) is 19.5. The molecule has 0 saturated heterocycles. The van der Waals surface area contributed by atoms with Crippen LogP contribution < -0.4 is 24.8 Å². The minimum atomic E-state index is -0.304. The van der Waals surface area contributed by atoms with Crippen LogP contribution in [-0.2, 0) is 9.59 Å². The van der Waals surface area contributed by atoms with E-state index >= 15 is 0 Å². The Bertz CT molecular complexity index is 835. The molecular weight excluding hydrogens is 360 g/mol. The van der Waals surface area contributed by atoms with Crippen LogP contribution in [0.15, 0.2) is 42.5 Å². The first-order valence-electron chi connectivity index (χ1n) is 9.15. The molecule has 1 unspecified atom stereocenters. The number of carbonyl (C=O) groups is 2. The number of amides is 2. The Hall–Kier alpha value is -3.22. The lowest BCUT2D eigenvalue weighted by Gasteiger charge is -2.19. The Kier molecular flexibility index (Phi) is 6.37. The van der Waals surface area contributed by atoms with Gasteiger partial charge >= 0.3 is 0 Å². The molecule has 7 nitrogen and oxygen atoms in total. The van der Waals surface area contributed by atoms with E-state index in [1.807, 2.05) is 31.2 Å². The van der Waals surface area contributed by atoms with Crippen LogP contribution in [0, 0.1) is 0 Å². The highest BCUT2D eigenvalue weighted by Gasteiger charge is 2.14. The minimum Gasteiger partial charge on any atom is -0.497 e. The molecule has 0 radical (unpaired) electrons. The normalized spacial score (nSPS) is 13.4. The van der Waals surface area contributed by atoms with Gasteiger partial charge in [-0.15, -0.1) is 0 Å². The van der Waals surface area contributed by atoms with Crippen LogP contribution in [0.5, 0.6) is 17.2 Å². The third kappa shape index (κ3) is 5.16. The van der Waals surface area contributed by atoms with Gasteiger partial charge < -0.3 is 24.8 Å². The molecule has 2 aromatic rings. The largest absolute Gasteiger partial charge is 0.497 e. The molecule has 0 fully saturated rings. The molecule has 0 aromatic heterocycles. The van der Waals surface area contributed by atoms with Crippen LogP contribution >= 0.6 is 0 Å². The quantitative estimate of drug-likeness (QED) is 0.767. The molecule has 2 N–H and O–H groups in total. The third-order valence-corrected chi connectivity index (χ3v) is 4.45. The molecule has 0 aliphatic carbocycles. The first-order chi connectivity index (χ1) is 13.5. The lowest BCUT2D eigenvalue weighted by molar-refractivity contribution is -0.124. The van der Waals surface area contributed by atoms with Crippen molar-refractivity contribution in [1.82, 2.24) is 5.32 Å². The van der Waals surface area contributed by atoms with Gasteiger partial charge in [0, 0.05) is 18.2 Å². The molecule has 0 saturated carbocycles. The van der Waals surface area contributed by atoms with Crippen molar-refractivity contribution in [1.29, 1.82) is 0 Å². The van der Waals surface area contributed by atoms with Crippen LogP contribution in [0.25, 0.3) is 0 Å². The summed E-state index contributed by atoms with van der Waals surface area (Å²) < 4.78 is 16.1. The maximum absolute atomic E-state index is 12.1. The molecule has 1 aliphatic heterocycles. The fraction of sp³-hybridized carbons (Fsp3) is 0.333. The minimum absolute atomic E-state index is 0.0340. The van der Waals surface area contributed by atoms with E-state index in [0.717, 1.165) is 11.3 Å². The van der Waals surface area contributed by atoms with E-state index in [1.54, 1.807) is 25.3 Å². The van der Waals surface area contributed by atoms with Crippen LogP contribution in [0.4, 0.5) is 5.69 Å². The monoisotopic (exact) mass is 384 g/mol. The van der Waals surface area contributed by atoms with Gasteiger partial charge in [0.1, 0.15) is 19.0 Å². The summed E-state index contributed by atoms with van der Waals surface area (Å²) in [5.41, 5.74) is 1.63. The predicted molar refractivity (Wildman–Crippen MR) is 105 cm³/mol. The number of nitrogens with one attached hydrogen (secondary N) is 2. The second-order valence-electron chi connectivity index (χ2n) is 6.56. The second kappa shape index (κ2) is 9.12. The third-order valence-electron chi connectivity index (χ3n) is 4.45. The molecule has 7 heteroatoms. The Morgan fingerprint density at radius 3 is 2.46 bits per heavy atom. The van der Waals surface area contributed by atoms with Gasteiger partial charge in [0.2, 0.25) is 11.8 Å². The average molecular weight is 384 g/mol. The van der Waals surface area contributed by atoms with E-state index in [-0.39, 0.29) is 24.3 Å². The van der Waals surface area contributed by atoms with Gasteiger partial charge in [0.15, 0.2) is 11.5 Å². The van der Waals surface area contributed by atoms with Gasteiger partial charge in [-0.05, 0) is 35.7 Å². The smallest absolute Gasteiger partial charge is 0.243 e. The van der Waals surface area contributed by atoms with Crippen molar-refractivity contribution in [3.63, 3.8) is 0 Å². The fourth-order valence-corrected chi connectivity index (χ4v) is 2.91. The highest BCUT2D eigenvalue weighted by atomic mass is 16.6. The van der Waals surface area contributed by atoms with Crippen LogP contribution in [-0.4, -0.2) is 38.7 Å². The number of hydrogen-bond donors (Lipinski definition) is 2. The summed E-state index contributed by atoms with van der Waals surface area (Å²) in [6, 6.07) is 12.8. The molecular formula is C21H24N2O5. The van der Waals surface area contributed by atoms with Crippen molar-refractivity contribution in [2.45, 2.75) is 19.3 Å². The van der Waals surface area contributed by atoms with Gasteiger partial charge in [0.25, 0.3) is 0 Å². The zero-order chi connectivity index (χ0) is 19.9. The van der Waals surface area contributed by atoms with Crippen molar-refractivity contribution in [3.05, 3.63) is 48.0 Å². The van der Waals surface area contributed by atoms with E-state index in [2.05, 4.69) is 10.6 Å². The fourth-order valence-electron chi connectivity index (χ4n) is 2.91. The van der Waals surface area contributed by atoms with E-state index in [0.29, 0.717) is 36.8 Å². The van der Waals surface area contributed by atoms with Crippen molar-refractivity contribution in [2.24, 2.45) is 0 Å². The maximum atomic E-state index is 12.1. The first-order valence-corrected chi connectivity index (χ1v) is 9.15. The van der Waals surface area contributed by atoms with Gasteiger partial charge in [0.05, 0.1) is 13.7 Å². The van der Waals surface area contributed by atoms with E-state index in [4.69, 9.17) is 14.2 Å². The van der Waals surface area contributed by atoms with Crippen molar-refractivity contribution < 1.29 is 23.8 Å². The summed E-state index contributed by atoms with van der Waals surface area (Å²) in [7, 11) is 1.61. The summed E-state index contributed by atoms with van der Waals surface area (Å²) in [4.78, 5) is 24.2. The molecule has 2 aromatic carbocycles. The summed E-state index contributed by atoms with van der Waals surface area (Å²) >= 11 is 0. The molecule has 3 rings (SSSR count). The molecule has 2 amide bonds. The Morgan fingerprint density at radius 2 is 1.75 bits per heavy atom. The van der Waals surface area contributed by atoms with Crippen molar-refractivity contribution in [2.75, 3.05) is 32.2 Å². The van der Waals surface area contributed by atoms with Gasteiger partial charge in [-0.3, -0.25) is 9.59 Å². The molecule has 148 valence electrons. The van der Waals surface area contributed by atoms with E-state index < -0.39 is 0 Å². The number of methoxy groups -OCH3 is 1. The predicted octanol–water partition coefficient (Wildman–Crippen LogP) is 2.71. The molecule has 1 aliphatic rings. The topological polar surface area (TPSA) is 85.9 Å². The number of benzene rings is 2. The van der Waals surface area contributed by atoms with Gasteiger partial charge in [-0.2, -0.15) is 0 Å². The van der Waals surface area contributed by atoms with E-state index in [1.165, 1.54) is 0 Å². The SMILES string of the molecule is COc1ccc(C(C)CC(=O)NCC(=O)Nc2ccc3c(c2)OCCO3)cc1. The molecule has 0 spiro atoms. The summed E-state index contributed by atoms with van der Waals surface area (Å²) in [6.45, 7) is 2.87. The highest BCUT2D eigenvalue weighted by molar-refractivity contribution is 5.94. The Morgan fingerprint density at radius 1 is 1.04 bits per heavy atom. The Balaban J connectivity index is 1.45. The van der Waals surface area contributed by atoms with Crippen LogP contribution in [0.2, 0.25) is 0 Å². The van der Waals surface area contributed by atoms with Crippen LogP contribution in [0.1, 0.15) is 24.8 Å². The number of rotatable bonds is 7. The number of fused-ring (bicyclic) bond motifs is 1. The van der Waals surface area contributed by atoms with Gasteiger partial charge in [-0.1, -0.05) is 19.1 Å². The zero-order valence-corrected chi connectivity index (χ0v) is 16.0. The molecule has 1 atom stereocenters. The number of hydrogen-bond acceptors (Lipinski definition) is 5. The second-order valence-corrected chi connectivity index (χ2v) is 6.56. The summed E-state index contributed by atoms with van der Waals surface area (Å²) in [5.74, 6) is 1.58. The number of anilines is 1. The zero-order valence-electron chi connectivity index (χ0n) is 16.0. The van der Waals surface area contributed by atoms with Crippen LogP contribution in [0.3, 0.4) is 0 Å². The van der Waals surface area contributed by atoms with Crippen molar-refractivity contribution >= 4 is 17.5 Å². The maximum Gasteiger partial charge on any atom is 0.243 e. The van der Waals surface area contributed by atoms with Gasteiger partial charge in [-0.25, -0.2) is 0 Å².